The summed E-state index contributed by atoms with van der Waals surface area (Å²) in [5.41, 5.74) is 0.870. The van der Waals surface area contributed by atoms with Crippen LogP contribution in [0.4, 0.5) is 0 Å². The minimum Gasteiger partial charge on any atom is -0.351 e. The molecule has 1 saturated heterocycles. The number of likely N-dealkylation sites (N-methyl/N-ethyl adjacent to an activating group) is 1. The van der Waals surface area contributed by atoms with Gasteiger partial charge in [0, 0.05) is 38.3 Å². The Morgan fingerprint density at radius 3 is 2.79 bits per heavy atom. The van der Waals surface area contributed by atoms with Gasteiger partial charge >= 0.3 is 0 Å². The lowest BCUT2D eigenvalue weighted by Crippen LogP contribution is -2.39. The second kappa shape index (κ2) is 7.14. The van der Waals surface area contributed by atoms with Crippen LogP contribution >= 0.6 is 0 Å². The van der Waals surface area contributed by atoms with Crippen molar-refractivity contribution in [3.05, 3.63) is 35.9 Å². The van der Waals surface area contributed by atoms with E-state index in [4.69, 9.17) is 6.42 Å². The van der Waals surface area contributed by atoms with Crippen molar-refractivity contribution < 1.29 is 4.79 Å². The topological polar surface area (TPSA) is 57.1 Å². The highest BCUT2D eigenvalue weighted by Crippen LogP contribution is 2.37. The highest BCUT2D eigenvalue weighted by molar-refractivity contribution is 5.76. The molecule has 3 rings (SSSR count). The van der Waals surface area contributed by atoms with E-state index < -0.39 is 0 Å². The van der Waals surface area contributed by atoms with Crippen LogP contribution in [0.25, 0.3) is 0 Å². The molecular weight excluding hydrogens is 300 g/mol. The van der Waals surface area contributed by atoms with Crippen LogP contribution in [0.1, 0.15) is 43.7 Å². The third-order valence-electron chi connectivity index (χ3n) is 4.94. The van der Waals surface area contributed by atoms with Crippen molar-refractivity contribution in [2.24, 2.45) is 10.2 Å². The fourth-order valence-corrected chi connectivity index (χ4v) is 3.50. The number of terminal acetylenes is 1. The number of carbonyl (C=O) groups excluding carboxylic acids is 1. The summed E-state index contributed by atoms with van der Waals surface area (Å²) in [6.45, 7) is 0.987. The van der Waals surface area contributed by atoms with Crippen molar-refractivity contribution in [1.82, 2.24) is 10.2 Å². The lowest BCUT2D eigenvalue weighted by atomic mass is 9.99. The SMILES string of the molecule is C#CCCC1(CCC(=O)NC2CCN(C)C2c2ccccc2)N=N1. The van der Waals surface area contributed by atoms with Crippen LogP contribution in [0.15, 0.2) is 40.6 Å². The highest BCUT2D eigenvalue weighted by atomic mass is 16.1. The monoisotopic (exact) mass is 324 g/mol. The zero-order valence-corrected chi connectivity index (χ0v) is 14.1. The quantitative estimate of drug-likeness (QED) is 0.784. The number of likely N-dealkylation sites (tertiary alicyclic amines) is 1. The van der Waals surface area contributed by atoms with Crippen molar-refractivity contribution in [1.29, 1.82) is 0 Å². The molecule has 5 nitrogen and oxygen atoms in total. The van der Waals surface area contributed by atoms with E-state index in [0.29, 0.717) is 19.3 Å². The molecular formula is C19H24N4O. The summed E-state index contributed by atoms with van der Waals surface area (Å²) in [4.78, 5) is 14.7. The number of hydrogen-bond donors (Lipinski definition) is 1. The molecule has 0 aromatic heterocycles. The van der Waals surface area contributed by atoms with Crippen molar-refractivity contribution in [2.75, 3.05) is 13.6 Å². The van der Waals surface area contributed by atoms with E-state index in [1.54, 1.807) is 0 Å². The molecule has 0 aliphatic carbocycles. The van der Waals surface area contributed by atoms with E-state index in [1.807, 2.05) is 18.2 Å². The lowest BCUT2D eigenvalue weighted by molar-refractivity contribution is -0.122. The zero-order chi connectivity index (χ0) is 17.0. The van der Waals surface area contributed by atoms with Gasteiger partial charge in [0.15, 0.2) is 5.66 Å². The number of rotatable bonds is 7. The third-order valence-corrected chi connectivity index (χ3v) is 4.94. The first-order chi connectivity index (χ1) is 11.6. The Labute approximate surface area is 143 Å². The van der Waals surface area contributed by atoms with E-state index in [-0.39, 0.29) is 23.7 Å². The molecule has 0 saturated carbocycles. The summed E-state index contributed by atoms with van der Waals surface area (Å²) in [7, 11) is 2.11. The summed E-state index contributed by atoms with van der Waals surface area (Å²) in [6, 6.07) is 10.8. The average Bonchev–Trinajstić information content (AvgIpc) is 3.29. The molecule has 1 amide bonds. The van der Waals surface area contributed by atoms with E-state index in [1.165, 1.54) is 5.56 Å². The number of hydrogen-bond acceptors (Lipinski definition) is 4. The number of nitrogens with zero attached hydrogens (tertiary/aromatic N) is 3. The van der Waals surface area contributed by atoms with Gasteiger partial charge in [-0.15, -0.1) is 12.3 Å². The summed E-state index contributed by atoms with van der Waals surface area (Å²) in [5.74, 6) is 2.69. The molecule has 1 aromatic rings. The second-order valence-electron chi connectivity index (χ2n) is 6.69. The molecule has 0 spiro atoms. The Morgan fingerprint density at radius 1 is 1.38 bits per heavy atom. The van der Waals surface area contributed by atoms with E-state index >= 15 is 0 Å². The first-order valence-corrected chi connectivity index (χ1v) is 8.56. The Bertz CT molecular complexity index is 643. The summed E-state index contributed by atoms with van der Waals surface area (Å²) < 4.78 is 0. The molecule has 0 radical (unpaired) electrons. The number of benzene rings is 1. The molecule has 2 atom stereocenters. The largest absolute Gasteiger partial charge is 0.351 e. The van der Waals surface area contributed by atoms with Gasteiger partial charge in [0.05, 0.1) is 6.04 Å². The summed E-state index contributed by atoms with van der Waals surface area (Å²) in [6.07, 6.45) is 8.76. The Hall–Kier alpha value is -2.19. The highest BCUT2D eigenvalue weighted by Gasteiger charge is 2.40. The minimum atomic E-state index is -0.380. The molecule has 1 fully saturated rings. The van der Waals surface area contributed by atoms with Gasteiger partial charge in [-0.3, -0.25) is 9.69 Å². The first-order valence-electron chi connectivity index (χ1n) is 8.56. The second-order valence-corrected chi connectivity index (χ2v) is 6.69. The fourth-order valence-electron chi connectivity index (χ4n) is 3.50. The molecule has 0 bridgehead atoms. The third kappa shape index (κ3) is 3.82. The van der Waals surface area contributed by atoms with Gasteiger partial charge in [-0.2, -0.15) is 10.2 Å². The molecule has 5 heteroatoms. The van der Waals surface area contributed by atoms with Crippen LogP contribution in [-0.2, 0) is 4.79 Å². The van der Waals surface area contributed by atoms with Crippen LogP contribution < -0.4 is 5.32 Å². The molecule has 2 unspecified atom stereocenters. The van der Waals surface area contributed by atoms with E-state index in [9.17, 15) is 4.79 Å². The summed E-state index contributed by atoms with van der Waals surface area (Å²) >= 11 is 0. The predicted octanol–water partition coefficient (Wildman–Crippen LogP) is 2.90. The molecule has 24 heavy (non-hydrogen) atoms. The normalized spacial score (nSPS) is 24.5. The van der Waals surface area contributed by atoms with Gasteiger partial charge in [0.25, 0.3) is 0 Å². The minimum absolute atomic E-state index is 0.0774. The van der Waals surface area contributed by atoms with Crippen molar-refractivity contribution in [2.45, 2.75) is 49.9 Å². The summed E-state index contributed by atoms with van der Waals surface area (Å²) in [5, 5.41) is 11.4. The molecule has 2 aliphatic heterocycles. The van der Waals surface area contributed by atoms with Crippen LogP contribution in [0, 0.1) is 12.3 Å². The fraction of sp³-hybridized carbons (Fsp3) is 0.526. The van der Waals surface area contributed by atoms with E-state index in [0.717, 1.165) is 19.4 Å². The zero-order valence-electron chi connectivity index (χ0n) is 14.1. The number of amides is 1. The Morgan fingerprint density at radius 2 is 2.12 bits per heavy atom. The van der Waals surface area contributed by atoms with Gasteiger partial charge in [0.2, 0.25) is 5.91 Å². The van der Waals surface area contributed by atoms with Crippen LogP contribution in [0.2, 0.25) is 0 Å². The maximum Gasteiger partial charge on any atom is 0.220 e. The molecule has 1 N–H and O–H groups in total. The van der Waals surface area contributed by atoms with Gasteiger partial charge in [-0.25, -0.2) is 0 Å². The first kappa shape index (κ1) is 16.7. The van der Waals surface area contributed by atoms with Crippen LogP contribution in [0.5, 0.6) is 0 Å². The number of carbonyl (C=O) groups is 1. The lowest BCUT2D eigenvalue weighted by Gasteiger charge is -2.26. The predicted molar refractivity (Wildman–Crippen MR) is 93.2 cm³/mol. The van der Waals surface area contributed by atoms with Crippen molar-refractivity contribution in [3.8, 4) is 12.3 Å². The molecule has 2 heterocycles. The Balaban J connectivity index is 1.53. The molecule has 126 valence electrons. The van der Waals surface area contributed by atoms with Gasteiger partial charge in [0.1, 0.15) is 0 Å². The maximum atomic E-state index is 12.4. The van der Waals surface area contributed by atoms with Gasteiger partial charge < -0.3 is 5.32 Å². The van der Waals surface area contributed by atoms with Gasteiger partial charge in [-0.05, 0) is 19.0 Å². The van der Waals surface area contributed by atoms with Crippen molar-refractivity contribution >= 4 is 5.91 Å². The molecule has 1 aromatic carbocycles. The Kier molecular flexibility index (Phi) is 4.96. The van der Waals surface area contributed by atoms with Crippen LogP contribution in [-0.4, -0.2) is 36.1 Å². The standard InChI is InChI=1S/C19H24N4O/c1-3-4-12-19(21-22-19)13-10-17(24)20-16-11-14-23(2)18(16)15-8-6-5-7-9-15/h1,5-9,16,18H,4,10-14H2,2H3,(H,20,24). The van der Waals surface area contributed by atoms with Gasteiger partial charge in [-0.1, -0.05) is 30.3 Å². The average molecular weight is 324 g/mol. The van der Waals surface area contributed by atoms with Crippen LogP contribution in [0.3, 0.4) is 0 Å². The maximum absolute atomic E-state index is 12.4. The van der Waals surface area contributed by atoms with Crippen molar-refractivity contribution in [3.63, 3.8) is 0 Å². The molecule has 2 aliphatic rings. The van der Waals surface area contributed by atoms with E-state index in [2.05, 4.69) is 45.5 Å². The smallest absolute Gasteiger partial charge is 0.220 e. The number of nitrogens with one attached hydrogen (secondary N) is 1.